The van der Waals surface area contributed by atoms with Crippen molar-refractivity contribution in [2.75, 3.05) is 19.6 Å². The molecule has 3 aliphatic rings. The molecule has 3 saturated heterocycles. The number of carbonyl (C=O) groups excluding carboxylic acids is 4. The first-order valence-electron chi connectivity index (χ1n) is 12.1. The number of aliphatic imine (C=N–C) groups is 1. The second kappa shape index (κ2) is 12.2. The van der Waals surface area contributed by atoms with Crippen LogP contribution in [0.3, 0.4) is 0 Å². The fourth-order valence-corrected chi connectivity index (χ4v) is 5.66. The Labute approximate surface area is 216 Å². The molecule has 1 aromatic rings. The SMILES string of the molecule is CC(=O)NCC1C[C@]2(NC(=O)Cc3ccc(N=C=S)cc3)C[C@@H](CNC(C)=O)N1[C@@H](CNC(C)=O)C2. The average molecular weight is 515 g/mol. The van der Waals surface area contributed by atoms with Crippen molar-refractivity contribution in [2.45, 2.75) is 70.1 Å². The van der Waals surface area contributed by atoms with Crippen LogP contribution < -0.4 is 21.3 Å². The van der Waals surface area contributed by atoms with E-state index in [-0.39, 0.29) is 48.2 Å². The lowest BCUT2D eigenvalue weighted by Gasteiger charge is -2.60. The molecule has 3 aliphatic heterocycles. The van der Waals surface area contributed by atoms with Crippen molar-refractivity contribution >= 4 is 46.7 Å². The Kier molecular flexibility index (Phi) is 9.31. The minimum Gasteiger partial charge on any atom is -0.355 e. The number of amides is 4. The Morgan fingerprint density at radius 3 is 1.72 bits per heavy atom. The Morgan fingerprint density at radius 1 is 0.889 bits per heavy atom. The molecule has 3 heterocycles. The highest BCUT2D eigenvalue weighted by Crippen LogP contribution is 2.43. The zero-order valence-corrected chi connectivity index (χ0v) is 21.7. The van der Waals surface area contributed by atoms with E-state index in [1.165, 1.54) is 20.8 Å². The molecule has 194 valence electrons. The monoisotopic (exact) mass is 514 g/mol. The molecule has 0 spiro atoms. The van der Waals surface area contributed by atoms with Crippen LogP contribution in [-0.2, 0) is 25.6 Å². The molecule has 0 radical (unpaired) electrons. The number of hydrogen-bond donors (Lipinski definition) is 4. The van der Waals surface area contributed by atoms with E-state index < -0.39 is 5.54 Å². The molecule has 2 unspecified atom stereocenters. The molecule has 0 saturated carbocycles. The van der Waals surface area contributed by atoms with Crippen molar-refractivity contribution in [1.82, 2.24) is 26.2 Å². The van der Waals surface area contributed by atoms with E-state index in [1.807, 2.05) is 12.1 Å². The molecule has 36 heavy (non-hydrogen) atoms. The number of isothiocyanates is 1. The maximum Gasteiger partial charge on any atom is 0.224 e. The summed E-state index contributed by atoms with van der Waals surface area (Å²) in [6.07, 6.45) is 2.19. The number of piperidine rings is 3. The highest BCUT2D eigenvalue weighted by atomic mass is 32.1. The topological polar surface area (TPSA) is 132 Å². The largest absolute Gasteiger partial charge is 0.355 e. The van der Waals surface area contributed by atoms with E-state index >= 15 is 0 Å². The van der Waals surface area contributed by atoms with Crippen molar-refractivity contribution in [3.8, 4) is 0 Å². The van der Waals surface area contributed by atoms with Crippen molar-refractivity contribution in [3.63, 3.8) is 0 Å². The van der Waals surface area contributed by atoms with Gasteiger partial charge in [0.1, 0.15) is 0 Å². The minimum atomic E-state index is -0.525. The Balaban J connectivity index is 1.83. The average Bonchev–Trinajstić information content (AvgIpc) is 2.81. The van der Waals surface area contributed by atoms with E-state index in [0.29, 0.717) is 44.6 Å². The molecule has 11 heteroatoms. The van der Waals surface area contributed by atoms with E-state index in [1.54, 1.807) is 12.1 Å². The molecule has 4 rings (SSSR count). The summed E-state index contributed by atoms with van der Waals surface area (Å²) >= 11 is 4.63. The van der Waals surface area contributed by atoms with E-state index in [2.05, 4.69) is 48.5 Å². The third-order valence-corrected chi connectivity index (χ3v) is 6.88. The molecule has 0 aromatic heterocycles. The third kappa shape index (κ3) is 7.43. The van der Waals surface area contributed by atoms with Crippen molar-refractivity contribution in [1.29, 1.82) is 0 Å². The molecule has 10 nitrogen and oxygen atoms in total. The summed E-state index contributed by atoms with van der Waals surface area (Å²) < 4.78 is 0. The normalized spacial score (nSPS) is 26.3. The Bertz CT molecular complexity index is 970. The first kappa shape index (κ1) is 27.4. The molecule has 4 amide bonds. The van der Waals surface area contributed by atoms with Crippen molar-refractivity contribution < 1.29 is 19.2 Å². The van der Waals surface area contributed by atoms with Gasteiger partial charge in [-0.1, -0.05) is 12.1 Å². The second-order valence-electron chi connectivity index (χ2n) is 9.71. The van der Waals surface area contributed by atoms with Gasteiger partial charge in [-0.15, -0.1) is 0 Å². The van der Waals surface area contributed by atoms with Gasteiger partial charge in [0.25, 0.3) is 0 Å². The molecule has 5 atom stereocenters. The van der Waals surface area contributed by atoms with Gasteiger partial charge in [0.05, 0.1) is 17.3 Å². The molecule has 0 aliphatic carbocycles. The standard InChI is InChI=1S/C25H34N6O4S/c1-16(32)26-12-21-9-25(30-24(35)8-19-4-6-20(7-5-19)29-15-36)10-22(13-27-17(2)33)31(21)23(11-25)14-28-18(3)34/h4-7,21-23H,8-14H2,1-3H3,(H,26,32)(H,27,33)(H,28,34)(H,30,35)/t21-,22+,23?,25-. The second-order valence-corrected chi connectivity index (χ2v) is 9.89. The number of nitrogens with one attached hydrogen (secondary N) is 4. The lowest BCUT2D eigenvalue weighted by molar-refractivity contribution is -0.132. The summed E-state index contributed by atoms with van der Waals surface area (Å²) in [5, 5.41) is 14.4. The van der Waals surface area contributed by atoms with Gasteiger partial charge in [0.15, 0.2) is 0 Å². The molecule has 4 N–H and O–H groups in total. The van der Waals surface area contributed by atoms with Crippen LogP contribution in [-0.4, -0.2) is 77.0 Å². The van der Waals surface area contributed by atoms with Gasteiger partial charge < -0.3 is 21.3 Å². The van der Waals surface area contributed by atoms with Gasteiger partial charge in [-0.25, -0.2) is 0 Å². The van der Waals surface area contributed by atoms with Crippen molar-refractivity contribution in [3.05, 3.63) is 29.8 Å². The van der Waals surface area contributed by atoms with Gasteiger partial charge in [-0.2, -0.15) is 4.99 Å². The molecule has 2 bridgehead atoms. The first-order chi connectivity index (χ1) is 17.1. The maximum atomic E-state index is 13.2. The van der Waals surface area contributed by atoms with Gasteiger partial charge in [0.2, 0.25) is 23.6 Å². The smallest absolute Gasteiger partial charge is 0.224 e. The summed E-state index contributed by atoms with van der Waals surface area (Å²) in [5.41, 5.74) is 0.998. The van der Waals surface area contributed by atoms with E-state index in [9.17, 15) is 19.2 Å². The number of thiocarbonyl (C=S) groups is 1. The van der Waals surface area contributed by atoms with E-state index in [0.717, 1.165) is 5.56 Å². The maximum absolute atomic E-state index is 13.2. The zero-order chi connectivity index (χ0) is 26.3. The lowest BCUT2D eigenvalue weighted by atomic mass is 9.69. The van der Waals surface area contributed by atoms with Crippen LogP contribution in [0, 0.1) is 0 Å². The fourth-order valence-electron chi connectivity index (χ4n) is 5.55. The summed E-state index contributed by atoms with van der Waals surface area (Å²) in [7, 11) is 0. The predicted molar refractivity (Wildman–Crippen MR) is 139 cm³/mol. The number of hydrogen-bond acceptors (Lipinski definition) is 7. The highest BCUT2D eigenvalue weighted by Gasteiger charge is 2.54. The minimum absolute atomic E-state index is 0.0546. The Hall–Kier alpha value is -3.14. The number of fused-ring (bicyclic) bond motifs is 3. The van der Waals surface area contributed by atoms with Crippen LogP contribution in [0.1, 0.15) is 45.6 Å². The number of nitrogens with zero attached hydrogens (tertiary/aromatic N) is 2. The third-order valence-electron chi connectivity index (χ3n) is 6.78. The summed E-state index contributed by atoms with van der Waals surface area (Å²) in [4.78, 5) is 54.5. The van der Waals surface area contributed by atoms with Crippen LogP contribution in [0.25, 0.3) is 0 Å². The molecular formula is C25H34N6O4S. The molecule has 1 aromatic carbocycles. The van der Waals surface area contributed by atoms with Crippen LogP contribution in [0.2, 0.25) is 0 Å². The fraction of sp³-hybridized carbons (Fsp3) is 0.560. The summed E-state index contributed by atoms with van der Waals surface area (Å²) in [6, 6.07) is 7.09. The van der Waals surface area contributed by atoms with Crippen molar-refractivity contribution in [2.24, 2.45) is 4.99 Å². The zero-order valence-electron chi connectivity index (χ0n) is 20.9. The lowest BCUT2D eigenvalue weighted by Crippen LogP contribution is -2.75. The summed E-state index contributed by atoms with van der Waals surface area (Å²) in [5.74, 6) is -0.497. The number of rotatable bonds is 10. The first-order valence-corrected chi connectivity index (χ1v) is 12.5. The van der Waals surface area contributed by atoms with Crippen LogP contribution in [0.4, 0.5) is 5.69 Å². The summed E-state index contributed by atoms with van der Waals surface area (Å²) in [6.45, 7) is 5.68. The van der Waals surface area contributed by atoms with E-state index in [4.69, 9.17) is 0 Å². The van der Waals surface area contributed by atoms with Crippen LogP contribution in [0.15, 0.2) is 29.3 Å². The predicted octanol–water partition coefficient (Wildman–Crippen LogP) is 0.832. The van der Waals surface area contributed by atoms with Crippen LogP contribution in [0.5, 0.6) is 0 Å². The van der Waals surface area contributed by atoms with Gasteiger partial charge >= 0.3 is 0 Å². The molecular weight excluding hydrogens is 480 g/mol. The Morgan fingerprint density at radius 2 is 1.33 bits per heavy atom. The van der Waals surface area contributed by atoms with Gasteiger partial charge in [-0.3, -0.25) is 24.1 Å². The molecule has 3 fully saturated rings. The highest BCUT2D eigenvalue weighted by molar-refractivity contribution is 7.78. The number of benzene rings is 1. The quantitative estimate of drug-likeness (QED) is 0.270. The van der Waals surface area contributed by atoms with Gasteiger partial charge in [0, 0.05) is 64.1 Å². The van der Waals surface area contributed by atoms with Gasteiger partial charge in [-0.05, 0) is 49.2 Å². The van der Waals surface area contributed by atoms with Crippen LogP contribution >= 0.6 is 12.2 Å². The number of carbonyl (C=O) groups is 4.